The van der Waals surface area contributed by atoms with E-state index in [1.807, 2.05) is 30.3 Å². The molecule has 19 heavy (non-hydrogen) atoms. The second-order valence-corrected chi connectivity index (χ2v) is 4.34. The van der Waals surface area contributed by atoms with Crippen molar-refractivity contribution in [2.75, 3.05) is 0 Å². The molecule has 0 aliphatic heterocycles. The van der Waals surface area contributed by atoms with Crippen molar-refractivity contribution in [2.24, 2.45) is 0 Å². The molecule has 0 bridgehead atoms. The van der Waals surface area contributed by atoms with E-state index in [1.165, 1.54) is 13.8 Å². The summed E-state index contributed by atoms with van der Waals surface area (Å²) in [5.74, 6) is 0. The molecule has 0 aliphatic rings. The van der Waals surface area contributed by atoms with Gasteiger partial charge in [0.1, 0.15) is 0 Å². The Bertz CT molecular complexity index is 448. The third kappa shape index (κ3) is 4.31. The van der Waals surface area contributed by atoms with E-state index in [9.17, 15) is 13.2 Å². The third-order valence-electron chi connectivity index (χ3n) is 3.28. The number of rotatable bonds is 0. The number of hydrogen-bond acceptors (Lipinski definition) is 0. The summed E-state index contributed by atoms with van der Waals surface area (Å²) < 4.78 is 37.5. The molecule has 2 rings (SSSR count). The maximum absolute atomic E-state index is 12.5. The molecular formula is C15H17F3Ru. The van der Waals surface area contributed by atoms with Crippen LogP contribution in [0.2, 0.25) is 0 Å². The molecule has 2 aromatic carbocycles. The van der Waals surface area contributed by atoms with Gasteiger partial charge in [0.25, 0.3) is 0 Å². The molecule has 0 aliphatic carbocycles. The topological polar surface area (TPSA) is 0 Å². The SMILES string of the molecule is Cc1c(C)c(C(F)(F)F)[c-](C)c1C.[Ru+2].c1cc[cH-]c1. The molecule has 0 atom stereocenters. The largest absolute Gasteiger partial charge is 2.00 e. The molecule has 0 radical (unpaired) electrons. The summed E-state index contributed by atoms with van der Waals surface area (Å²) in [5, 5.41) is 0. The van der Waals surface area contributed by atoms with Crippen LogP contribution in [-0.2, 0) is 25.7 Å². The maximum atomic E-state index is 12.5. The van der Waals surface area contributed by atoms with Crippen LogP contribution in [0.15, 0.2) is 30.3 Å². The fraction of sp³-hybridized carbons (Fsp3) is 0.333. The Kier molecular flexibility index (Phi) is 6.72. The molecule has 4 heteroatoms. The molecule has 106 valence electrons. The van der Waals surface area contributed by atoms with E-state index < -0.39 is 11.7 Å². The Morgan fingerprint density at radius 1 is 1.00 bits per heavy atom. The van der Waals surface area contributed by atoms with Gasteiger partial charge in [-0.05, 0) is 0 Å². The smallest absolute Gasteiger partial charge is 0.214 e. The van der Waals surface area contributed by atoms with E-state index >= 15 is 0 Å². The Labute approximate surface area is 125 Å². The Morgan fingerprint density at radius 3 is 1.63 bits per heavy atom. The zero-order valence-corrected chi connectivity index (χ0v) is 13.1. The minimum atomic E-state index is -4.22. The Hall–Kier alpha value is -0.887. The summed E-state index contributed by atoms with van der Waals surface area (Å²) >= 11 is 0. The number of hydrogen-bond donors (Lipinski definition) is 0. The van der Waals surface area contributed by atoms with Gasteiger partial charge in [0, 0.05) is 0 Å². The monoisotopic (exact) mass is 356 g/mol. The molecule has 0 unspecified atom stereocenters. The average molecular weight is 355 g/mol. The van der Waals surface area contributed by atoms with Crippen molar-refractivity contribution in [2.45, 2.75) is 33.9 Å². The molecule has 0 nitrogen and oxygen atoms in total. The van der Waals surface area contributed by atoms with Crippen LogP contribution in [0.4, 0.5) is 13.2 Å². The molecule has 2 aromatic rings. The van der Waals surface area contributed by atoms with Crippen molar-refractivity contribution in [3.8, 4) is 0 Å². The van der Waals surface area contributed by atoms with E-state index in [0.29, 0.717) is 11.1 Å². The zero-order chi connectivity index (χ0) is 13.9. The fourth-order valence-electron chi connectivity index (χ4n) is 1.96. The molecule has 0 N–H and O–H groups in total. The Balaban J connectivity index is 0.000000454. The van der Waals surface area contributed by atoms with E-state index in [4.69, 9.17) is 0 Å². The van der Waals surface area contributed by atoms with Crippen LogP contribution in [0.25, 0.3) is 0 Å². The summed E-state index contributed by atoms with van der Waals surface area (Å²) in [7, 11) is 0. The summed E-state index contributed by atoms with van der Waals surface area (Å²) in [5.41, 5.74) is 1.78. The quantitative estimate of drug-likeness (QED) is 0.458. The standard InChI is InChI=1S/C10H12F3.C5H5.Ru/c1-5-6(2)8(4)9(7(5)3)10(11,12)13;1-2-4-5-3-1;/h1-4H3;1-5H;/q2*-1;+2. The van der Waals surface area contributed by atoms with Crippen LogP contribution in [-0.4, -0.2) is 0 Å². The maximum Gasteiger partial charge on any atom is 2.00 e. The van der Waals surface area contributed by atoms with Crippen molar-refractivity contribution < 1.29 is 32.6 Å². The van der Waals surface area contributed by atoms with Crippen LogP contribution in [0.5, 0.6) is 0 Å². The van der Waals surface area contributed by atoms with Gasteiger partial charge in [0.05, 0.1) is 0 Å². The average Bonchev–Trinajstić information content (AvgIpc) is 2.87. The van der Waals surface area contributed by atoms with Crippen LogP contribution in [0.1, 0.15) is 27.8 Å². The van der Waals surface area contributed by atoms with Gasteiger partial charge in [-0.15, -0.1) is 5.56 Å². The van der Waals surface area contributed by atoms with E-state index in [-0.39, 0.29) is 19.5 Å². The molecule has 0 amide bonds. The fourth-order valence-corrected chi connectivity index (χ4v) is 1.96. The van der Waals surface area contributed by atoms with Crippen molar-refractivity contribution >= 4 is 0 Å². The van der Waals surface area contributed by atoms with Crippen LogP contribution >= 0.6 is 0 Å². The molecular weight excluding hydrogens is 338 g/mol. The number of alkyl halides is 3. The van der Waals surface area contributed by atoms with Crippen LogP contribution < -0.4 is 0 Å². The van der Waals surface area contributed by atoms with Gasteiger partial charge in [0.15, 0.2) is 0 Å². The minimum Gasteiger partial charge on any atom is -0.214 e. The van der Waals surface area contributed by atoms with E-state index in [0.717, 1.165) is 11.1 Å². The summed E-state index contributed by atoms with van der Waals surface area (Å²) in [6, 6.07) is 10.0. The van der Waals surface area contributed by atoms with Gasteiger partial charge in [0.2, 0.25) is 0 Å². The predicted molar refractivity (Wildman–Crippen MR) is 68.0 cm³/mol. The molecule has 0 saturated carbocycles. The Morgan fingerprint density at radius 2 is 1.47 bits per heavy atom. The summed E-state index contributed by atoms with van der Waals surface area (Å²) in [6.45, 7) is 6.51. The van der Waals surface area contributed by atoms with E-state index in [1.54, 1.807) is 13.8 Å². The van der Waals surface area contributed by atoms with Gasteiger partial charge in [-0.1, -0.05) is 33.3 Å². The van der Waals surface area contributed by atoms with Crippen molar-refractivity contribution in [1.82, 2.24) is 0 Å². The van der Waals surface area contributed by atoms with Gasteiger partial charge in [-0.3, -0.25) is 0 Å². The first-order valence-electron chi connectivity index (χ1n) is 5.73. The second-order valence-electron chi connectivity index (χ2n) is 4.34. The van der Waals surface area contributed by atoms with Crippen LogP contribution in [0.3, 0.4) is 0 Å². The predicted octanol–water partition coefficient (Wildman–Crippen LogP) is 5.06. The van der Waals surface area contributed by atoms with Crippen molar-refractivity contribution in [1.29, 1.82) is 0 Å². The summed E-state index contributed by atoms with van der Waals surface area (Å²) in [6.07, 6.45) is -4.22. The first-order chi connectivity index (χ1) is 8.26. The normalized spacial score (nSPS) is 10.5. The second kappa shape index (κ2) is 7.05. The van der Waals surface area contributed by atoms with Crippen LogP contribution in [0, 0.1) is 27.7 Å². The molecule has 0 spiro atoms. The first-order valence-corrected chi connectivity index (χ1v) is 5.73. The summed E-state index contributed by atoms with van der Waals surface area (Å²) in [4.78, 5) is 0. The first kappa shape index (κ1) is 18.1. The van der Waals surface area contributed by atoms with Gasteiger partial charge >= 0.3 is 25.7 Å². The minimum absolute atomic E-state index is 0. The number of halogens is 3. The van der Waals surface area contributed by atoms with Gasteiger partial charge in [-0.2, -0.15) is 48.1 Å². The molecule has 0 heterocycles. The van der Waals surface area contributed by atoms with Crippen molar-refractivity contribution in [3.63, 3.8) is 0 Å². The van der Waals surface area contributed by atoms with Crippen molar-refractivity contribution in [3.05, 3.63) is 58.1 Å². The van der Waals surface area contributed by atoms with E-state index in [2.05, 4.69) is 0 Å². The zero-order valence-electron chi connectivity index (χ0n) is 11.4. The molecule has 0 fully saturated rings. The molecule has 0 aromatic heterocycles. The van der Waals surface area contributed by atoms with Gasteiger partial charge < -0.3 is 0 Å². The molecule has 0 saturated heterocycles. The van der Waals surface area contributed by atoms with Gasteiger partial charge in [-0.25, -0.2) is 12.1 Å². The third-order valence-corrected chi connectivity index (χ3v) is 3.28.